The van der Waals surface area contributed by atoms with Crippen LogP contribution in [0.5, 0.6) is 0 Å². The standard InChI is InChI=1S/C21H20FN3O3/c1-3-20(26)23-16-9-5-7-14(11-16)19-13-18(21(27)28-4-2)24-25(19)17-10-6-8-15(22)12-17/h5-13H,3-4H2,1-2H3,(H,23,26). The fraction of sp³-hybridized carbons (Fsp3) is 0.190. The van der Waals surface area contributed by atoms with E-state index in [2.05, 4.69) is 10.4 Å². The molecule has 0 aliphatic heterocycles. The van der Waals surface area contributed by atoms with Crippen LogP contribution in [0.25, 0.3) is 16.9 Å². The summed E-state index contributed by atoms with van der Waals surface area (Å²) in [6, 6.07) is 14.7. The Morgan fingerprint density at radius 3 is 2.61 bits per heavy atom. The van der Waals surface area contributed by atoms with Crippen molar-refractivity contribution < 1.29 is 18.7 Å². The quantitative estimate of drug-likeness (QED) is 0.650. The molecule has 0 unspecified atom stereocenters. The molecule has 0 radical (unpaired) electrons. The van der Waals surface area contributed by atoms with E-state index in [4.69, 9.17) is 4.74 Å². The number of aromatic nitrogens is 2. The number of nitrogens with zero attached hydrogens (tertiary/aromatic N) is 2. The maximum atomic E-state index is 13.7. The lowest BCUT2D eigenvalue weighted by molar-refractivity contribution is -0.115. The van der Waals surface area contributed by atoms with Gasteiger partial charge in [-0.3, -0.25) is 4.79 Å². The molecule has 7 heteroatoms. The molecule has 3 aromatic rings. The van der Waals surface area contributed by atoms with Crippen LogP contribution in [-0.2, 0) is 9.53 Å². The second kappa shape index (κ2) is 8.47. The Morgan fingerprint density at radius 2 is 1.89 bits per heavy atom. The highest BCUT2D eigenvalue weighted by Crippen LogP contribution is 2.27. The second-order valence-electron chi connectivity index (χ2n) is 6.01. The number of halogens is 1. The number of amides is 1. The van der Waals surface area contributed by atoms with Crippen LogP contribution >= 0.6 is 0 Å². The predicted octanol–water partition coefficient (Wildman–Crippen LogP) is 4.20. The third-order valence-electron chi connectivity index (χ3n) is 4.01. The van der Waals surface area contributed by atoms with Gasteiger partial charge in [0.2, 0.25) is 5.91 Å². The van der Waals surface area contributed by atoms with E-state index in [0.717, 1.165) is 0 Å². The highest BCUT2D eigenvalue weighted by Gasteiger charge is 2.18. The van der Waals surface area contributed by atoms with Crippen molar-refractivity contribution in [2.24, 2.45) is 0 Å². The van der Waals surface area contributed by atoms with E-state index in [1.807, 2.05) is 6.07 Å². The molecule has 2 aromatic carbocycles. The summed E-state index contributed by atoms with van der Waals surface area (Å²) in [5.74, 6) is -1.09. The molecule has 0 saturated carbocycles. The van der Waals surface area contributed by atoms with E-state index in [0.29, 0.717) is 29.1 Å². The fourth-order valence-electron chi connectivity index (χ4n) is 2.70. The summed E-state index contributed by atoms with van der Waals surface area (Å²) in [5, 5.41) is 7.11. The average molecular weight is 381 g/mol. The summed E-state index contributed by atoms with van der Waals surface area (Å²) in [6.45, 7) is 3.70. The van der Waals surface area contributed by atoms with Crippen molar-refractivity contribution >= 4 is 17.6 Å². The zero-order chi connectivity index (χ0) is 20.1. The van der Waals surface area contributed by atoms with Gasteiger partial charge in [-0.25, -0.2) is 13.9 Å². The van der Waals surface area contributed by atoms with Gasteiger partial charge in [-0.05, 0) is 43.3 Å². The van der Waals surface area contributed by atoms with Gasteiger partial charge >= 0.3 is 5.97 Å². The third kappa shape index (κ3) is 4.25. The van der Waals surface area contributed by atoms with Crippen LogP contribution in [0.2, 0.25) is 0 Å². The number of carbonyl (C=O) groups is 2. The normalized spacial score (nSPS) is 10.5. The Morgan fingerprint density at radius 1 is 1.11 bits per heavy atom. The molecule has 0 aliphatic carbocycles. The van der Waals surface area contributed by atoms with Crippen LogP contribution in [0, 0.1) is 5.82 Å². The van der Waals surface area contributed by atoms with Crippen LogP contribution in [0.1, 0.15) is 30.8 Å². The Kier molecular flexibility index (Phi) is 5.84. The van der Waals surface area contributed by atoms with Crippen molar-refractivity contribution in [1.82, 2.24) is 9.78 Å². The lowest BCUT2D eigenvalue weighted by Crippen LogP contribution is -2.09. The first kappa shape index (κ1) is 19.3. The SMILES string of the molecule is CCOC(=O)c1cc(-c2cccc(NC(=O)CC)c2)n(-c2cccc(F)c2)n1. The molecular formula is C21H20FN3O3. The first-order valence-electron chi connectivity index (χ1n) is 8.95. The number of esters is 1. The zero-order valence-electron chi connectivity index (χ0n) is 15.6. The number of rotatable bonds is 6. The summed E-state index contributed by atoms with van der Waals surface area (Å²) in [5.41, 5.74) is 2.48. The molecule has 1 aromatic heterocycles. The minimum atomic E-state index is -0.561. The van der Waals surface area contributed by atoms with Crippen molar-refractivity contribution in [2.75, 3.05) is 11.9 Å². The van der Waals surface area contributed by atoms with Crippen LogP contribution < -0.4 is 5.32 Å². The van der Waals surface area contributed by atoms with Crippen molar-refractivity contribution in [3.8, 4) is 16.9 Å². The van der Waals surface area contributed by atoms with Crippen LogP contribution in [0.4, 0.5) is 10.1 Å². The maximum Gasteiger partial charge on any atom is 0.358 e. The van der Waals surface area contributed by atoms with Crippen molar-refractivity contribution in [3.63, 3.8) is 0 Å². The highest BCUT2D eigenvalue weighted by molar-refractivity contribution is 5.92. The lowest BCUT2D eigenvalue weighted by Gasteiger charge is -2.10. The number of anilines is 1. The molecule has 28 heavy (non-hydrogen) atoms. The smallest absolute Gasteiger partial charge is 0.358 e. The Labute approximate surface area is 161 Å². The van der Waals surface area contributed by atoms with Gasteiger partial charge in [-0.2, -0.15) is 5.10 Å². The number of hydrogen-bond acceptors (Lipinski definition) is 4. The number of carbonyl (C=O) groups excluding carboxylic acids is 2. The van der Waals surface area contributed by atoms with Gasteiger partial charge in [0.05, 0.1) is 18.0 Å². The topological polar surface area (TPSA) is 73.2 Å². The molecule has 0 aliphatic rings. The van der Waals surface area contributed by atoms with Gasteiger partial charge in [-0.1, -0.05) is 25.1 Å². The van der Waals surface area contributed by atoms with Gasteiger partial charge < -0.3 is 10.1 Å². The molecule has 144 valence electrons. The average Bonchev–Trinajstić information content (AvgIpc) is 3.14. The second-order valence-corrected chi connectivity index (χ2v) is 6.01. The monoisotopic (exact) mass is 381 g/mol. The van der Waals surface area contributed by atoms with Crippen molar-refractivity contribution in [3.05, 3.63) is 66.1 Å². The number of benzene rings is 2. The van der Waals surface area contributed by atoms with Gasteiger partial charge in [0.15, 0.2) is 5.69 Å². The largest absolute Gasteiger partial charge is 0.461 e. The first-order chi connectivity index (χ1) is 13.5. The molecule has 0 fully saturated rings. The van der Waals surface area contributed by atoms with Crippen molar-refractivity contribution in [1.29, 1.82) is 0 Å². The Hall–Kier alpha value is -3.48. The molecule has 3 rings (SSSR count). The summed E-state index contributed by atoms with van der Waals surface area (Å²) >= 11 is 0. The van der Waals surface area contributed by atoms with E-state index in [-0.39, 0.29) is 18.2 Å². The molecule has 0 bridgehead atoms. The Bertz CT molecular complexity index is 1010. The minimum absolute atomic E-state index is 0.108. The van der Waals surface area contributed by atoms with Crippen molar-refractivity contribution in [2.45, 2.75) is 20.3 Å². The van der Waals surface area contributed by atoms with E-state index in [1.54, 1.807) is 50.2 Å². The van der Waals surface area contributed by atoms with Gasteiger partial charge in [0, 0.05) is 17.7 Å². The molecule has 1 heterocycles. The van der Waals surface area contributed by atoms with Crippen LogP contribution in [-0.4, -0.2) is 28.3 Å². The molecule has 0 atom stereocenters. The zero-order valence-corrected chi connectivity index (χ0v) is 15.6. The van der Waals surface area contributed by atoms with E-state index in [1.165, 1.54) is 16.8 Å². The Balaban J connectivity index is 2.10. The summed E-state index contributed by atoms with van der Waals surface area (Å²) in [6.07, 6.45) is 0.360. The number of ether oxygens (including phenoxy) is 1. The summed E-state index contributed by atoms with van der Waals surface area (Å²) in [7, 11) is 0. The fourth-order valence-corrected chi connectivity index (χ4v) is 2.70. The van der Waals surface area contributed by atoms with E-state index in [9.17, 15) is 14.0 Å². The molecule has 6 nitrogen and oxygen atoms in total. The molecule has 1 N–H and O–H groups in total. The summed E-state index contributed by atoms with van der Waals surface area (Å²) in [4.78, 5) is 23.9. The number of nitrogens with one attached hydrogen (secondary N) is 1. The predicted molar refractivity (Wildman–Crippen MR) is 104 cm³/mol. The molecule has 1 amide bonds. The third-order valence-corrected chi connectivity index (χ3v) is 4.01. The summed E-state index contributed by atoms with van der Waals surface area (Å²) < 4.78 is 20.3. The van der Waals surface area contributed by atoms with Gasteiger partial charge in [0.25, 0.3) is 0 Å². The van der Waals surface area contributed by atoms with Gasteiger partial charge in [0.1, 0.15) is 5.82 Å². The first-order valence-corrected chi connectivity index (χ1v) is 8.95. The molecule has 0 saturated heterocycles. The highest BCUT2D eigenvalue weighted by atomic mass is 19.1. The van der Waals surface area contributed by atoms with Gasteiger partial charge in [-0.15, -0.1) is 0 Å². The number of hydrogen-bond donors (Lipinski definition) is 1. The molecule has 0 spiro atoms. The van der Waals surface area contributed by atoms with E-state index >= 15 is 0 Å². The van der Waals surface area contributed by atoms with E-state index < -0.39 is 11.8 Å². The van der Waals surface area contributed by atoms with Crippen LogP contribution in [0.3, 0.4) is 0 Å². The maximum absolute atomic E-state index is 13.7. The minimum Gasteiger partial charge on any atom is -0.461 e. The lowest BCUT2D eigenvalue weighted by atomic mass is 10.1. The molecular weight excluding hydrogens is 361 g/mol. The van der Waals surface area contributed by atoms with Crippen LogP contribution in [0.15, 0.2) is 54.6 Å².